The van der Waals surface area contributed by atoms with Crippen LogP contribution in [-0.4, -0.2) is 57.1 Å². The second kappa shape index (κ2) is 7.28. The molecule has 0 bridgehead atoms. The molecule has 2 rings (SSSR count). The molecule has 1 aliphatic heterocycles. The van der Waals surface area contributed by atoms with E-state index in [2.05, 4.69) is 0 Å². The maximum Gasteiger partial charge on any atom is 0.260 e. The number of amides is 1. The zero-order valence-corrected chi connectivity index (χ0v) is 12.4. The molecule has 0 unspecified atom stereocenters. The summed E-state index contributed by atoms with van der Waals surface area (Å²) in [5, 5.41) is 0.250. The molecular weight excluding hydrogens is 298 g/mol. The van der Waals surface area contributed by atoms with Crippen LogP contribution in [0, 0.1) is 0 Å². The van der Waals surface area contributed by atoms with Crippen LogP contribution in [0.15, 0.2) is 12.1 Å². The molecule has 0 aliphatic carbocycles. The van der Waals surface area contributed by atoms with Crippen molar-refractivity contribution in [3.8, 4) is 11.5 Å². The number of carbonyl (C=O) groups is 2. The minimum Gasteiger partial charge on any atom is -0.493 e. The van der Waals surface area contributed by atoms with Crippen LogP contribution in [-0.2, 0) is 9.53 Å². The Bertz CT molecular complexity index is 528. The molecule has 1 amide bonds. The number of benzene rings is 1. The molecule has 1 heterocycles. The highest BCUT2D eigenvalue weighted by Crippen LogP contribution is 2.32. The van der Waals surface area contributed by atoms with Gasteiger partial charge in [0, 0.05) is 24.7 Å². The van der Waals surface area contributed by atoms with Crippen molar-refractivity contribution in [1.82, 2.24) is 4.90 Å². The fourth-order valence-corrected chi connectivity index (χ4v) is 2.16. The number of morpholine rings is 1. The fraction of sp³-hybridized carbons (Fsp3) is 0.429. The minimum absolute atomic E-state index is 0.118. The number of halogens is 1. The number of hydrogen-bond acceptors (Lipinski definition) is 5. The van der Waals surface area contributed by atoms with E-state index in [-0.39, 0.29) is 17.5 Å². The minimum atomic E-state index is -0.129. The van der Waals surface area contributed by atoms with Crippen molar-refractivity contribution in [2.75, 3.05) is 40.0 Å². The monoisotopic (exact) mass is 313 g/mol. The van der Waals surface area contributed by atoms with Crippen LogP contribution in [0.2, 0.25) is 5.02 Å². The number of aldehydes is 1. The van der Waals surface area contributed by atoms with Crippen molar-refractivity contribution >= 4 is 23.8 Å². The average Bonchev–Trinajstić information content (AvgIpc) is 2.53. The summed E-state index contributed by atoms with van der Waals surface area (Å²) in [7, 11) is 1.45. The quantitative estimate of drug-likeness (QED) is 0.769. The predicted octanol–water partition coefficient (Wildman–Crippen LogP) is 1.40. The highest BCUT2D eigenvalue weighted by molar-refractivity contribution is 6.33. The SMILES string of the molecule is COc1cc(C=O)c(Cl)cc1OCC(=O)N1CCOCC1. The van der Waals surface area contributed by atoms with Crippen molar-refractivity contribution in [1.29, 1.82) is 0 Å². The van der Waals surface area contributed by atoms with Gasteiger partial charge in [0.15, 0.2) is 24.4 Å². The Labute approximate surface area is 127 Å². The molecular formula is C14H16ClNO5. The van der Waals surface area contributed by atoms with Crippen molar-refractivity contribution in [3.05, 3.63) is 22.7 Å². The van der Waals surface area contributed by atoms with E-state index in [0.717, 1.165) is 0 Å². The molecule has 0 spiro atoms. The van der Waals surface area contributed by atoms with E-state index in [0.29, 0.717) is 49.7 Å². The summed E-state index contributed by atoms with van der Waals surface area (Å²) in [6.45, 7) is 2.07. The normalized spacial score (nSPS) is 14.7. The highest BCUT2D eigenvalue weighted by atomic mass is 35.5. The van der Waals surface area contributed by atoms with Gasteiger partial charge in [-0.2, -0.15) is 0 Å². The predicted molar refractivity (Wildman–Crippen MR) is 76.3 cm³/mol. The van der Waals surface area contributed by atoms with Crippen LogP contribution < -0.4 is 9.47 Å². The summed E-state index contributed by atoms with van der Waals surface area (Å²) in [5.41, 5.74) is 0.306. The molecule has 0 radical (unpaired) electrons. The fourth-order valence-electron chi connectivity index (χ4n) is 1.96. The lowest BCUT2D eigenvalue weighted by atomic mass is 10.2. The van der Waals surface area contributed by atoms with Crippen LogP contribution >= 0.6 is 11.6 Å². The van der Waals surface area contributed by atoms with E-state index in [4.69, 9.17) is 25.8 Å². The first-order valence-corrected chi connectivity index (χ1v) is 6.84. The van der Waals surface area contributed by atoms with Gasteiger partial charge in [-0.3, -0.25) is 9.59 Å². The molecule has 21 heavy (non-hydrogen) atoms. The highest BCUT2D eigenvalue weighted by Gasteiger charge is 2.18. The maximum atomic E-state index is 12.0. The standard InChI is InChI=1S/C14H16ClNO5/c1-19-12-6-10(8-17)11(15)7-13(12)21-9-14(18)16-2-4-20-5-3-16/h6-8H,2-5,9H2,1H3. The first kappa shape index (κ1) is 15.6. The van der Waals surface area contributed by atoms with Crippen LogP contribution in [0.4, 0.5) is 0 Å². The smallest absolute Gasteiger partial charge is 0.260 e. The molecule has 1 fully saturated rings. The Kier molecular flexibility index (Phi) is 5.41. The molecule has 1 aromatic carbocycles. The molecule has 1 aliphatic rings. The van der Waals surface area contributed by atoms with Crippen molar-refractivity contribution in [3.63, 3.8) is 0 Å². The van der Waals surface area contributed by atoms with Gasteiger partial charge in [0.1, 0.15) is 0 Å². The van der Waals surface area contributed by atoms with Gasteiger partial charge in [-0.15, -0.1) is 0 Å². The summed E-state index contributed by atoms with van der Waals surface area (Å²) in [6.07, 6.45) is 0.632. The number of rotatable bonds is 5. The Morgan fingerprint density at radius 1 is 1.38 bits per heavy atom. The number of methoxy groups -OCH3 is 1. The van der Waals surface area contributed by atoms with Crippen LogP contribution in [0.1, 0.15) is 10.4 Å². The Morgan fingerprint density at radius 2 is 2.10 bits per heavy atom. The Balaban J connectivity index is 2.03. The Hall–Kier alpha value is -1.79. The molecule has 1 saturated heterocycles. The third-order valence-electron chi connectivity index (χ3n) is 3.12. The van der Waals surface area contributed by atoms with E-state index >= 15 is 0 Å². The number of hydrogen-bond donors (Lipinski definition) is 0. The van der Waals surface area contributed by atoms with Crippen molar-refractivity contribution < 1.29 is 23.8 Å². The number of ether oxygens (including phenoxy) is 3. The van der Waals surface area contributed by atoms with E-state index in [1.165, 1.54) is 19.2 Å². The largest absolute Gasteiger partial charge is 0.493 e. The summed E-state index contributed by atoms with van der Waals surface area (Å²) in [4.78, 5) is 24.5. The molecule has 7 heteroatoms. The first-order chi connectivity index (χ1) is 10.2. The molecule has 6 nitrogen and oxygen atoms in total. The van der Waals surface area contributed by atoms with E-state index in [9.17, 15) is 9.59 Å². The van der Waals surface area contributed by atoms with Gasteiger partial charge in [0.2, 0.25) is 0 Å². The van der Waals surface area contributed by atoms with Gasteiger partial charge < -0.3 is 19.1 Å². The second-order valence-electron chi connectivity index (χ2n) is 4.42. The van der Waals surface area contributed by atoms with Gasteiger partial charge in [0.25, 0.3) is 5.91 Å². The third-order valence-corrected chi connectivity index (χ3v) is 3.45. The summed E-state index contributed by atoms with van der Waals surface area (Å²) < 4.78 is 15.8. The lowest BCUT2D eigenvalue weighted by Crippen LogP contribution is -2.43. The van der Waals surface area contributed by atoms with E-state index < -0.39 is 0 Å². The third kappa shape index (κ3) is 3.86. The Morgan fingerprint density at radius 3 is 2.71 bits per heavy atom. The van der Waals surface area contributed by atoms with Gasteiger partial charge >= 0.3 is 0 Å². The summed E-state index contributed by atoms with van der Waals surface area (Å²) >= 11 is 5.94. The number of carbonyl (C=O) groups excluding carboxylic acids is 2. The topological polar surface area (TPSA) is 65.1 Å². The second-order valence-corrected chi connectivity index (χ2v) is 4.83. The van der Waals surface area contributed by atoms with Crippen molar-refractivity contribution in [2.45, 2.75) is 0 Å². The molecule has 0 N–H and O–H groups in total. The first-order valence-electron chi connectivity index (χ1n) is 6.46. The zero-order valence-electron chi connectivity index (χ0n) is 11.6. The lowest BCUT2D eigenvalue weighted by molar-refractivity contribution is -0.137. The molecule has 0 aromatic heterocycles. The molecule has 1 aromatic rings. The van der Waals surface area contributed by atoms with Crippen LogP contribution in [0.5, 0.6) is 11.5 Å². The van der Waals surface area contributed by atoms with E-state index in [1.54, 1.807) is 4.90 Å². The van der Waals surface area contributed by atoms with Gasteiger partial charge in [0.05, 0.1) is 25.3 Å². The molecule has 114 valence electrons. The summed E-state index contributed by atoms with van der Waals surface area (Å²) in [6, 6.07) is 2.95. The summed E-state index contributed by atoms with van der Waals surface area (Å²) in [5.74, 6) is 0.557. The van der Waals surface area contributed by atoms with Crippen LogP contribution in [0.3, 0.4) is 0 Å². The lowest BCUT2D eigenvalue weighted by Gasteiger charge is -2.26. The number of nitrogens with zero attached hydrogens (tertiary/aromatic N) is 1. The molecule has 0 saturated carbocycles. The van der Waals surface area contributed by atoms with Gasteiger partial charge in [-0.05, 0) is 6.07 Å². The van der Waals surface area contributed by atoms with Gasteiger partial charge in [-0.25, -0.2) is 0 Å². The molecule has 0 atom stereocenters. The maximum absolute atomic E-state index is 12.0. The zero-order chi connectivity index (χ0) is 15.2. The van der Waals surface area contributed by atoms with Crippen molar-refractivity contribution in [2.24, 2.45) is 0 Å². The van der Waals surface area contributed by atoms with Gasteiger partial charge in [-0.1, -0.05) is 11.6 Å². The van der Waals surface area contributed by atoms with Crippen LogP contribution in [0.25, 0.3) is 0 Å². The van der Waals surface area contributed by atoms with E-state index in [1.807, 2.05) is 0 Å². The average molecular weight is 314 g/mol.